The standard InChI is InChI=1S/C14H18FNO2/c1-9-6-10(2)8-16(7-9)13-11(14(17)18)4-3-5-12(13)15/h3-5,9-10H,6-8H2,1-2H3,(H,17,18). The van der Waals surface area contributed by atoms with Crippen LogP contribution in [0.4, 0.5) is 10.1 Å². The van der Waals surface area contributed by atoms with Crippen LogP contribution in [-0.4, -0.2) is 24.2 Å². The number of carboxylic acids is 1. The third-order valence-electron chi connectivity index (χ3n) is 3.40. The number of piperidine rings is 1. The van der Waals surface area contributed by atoms with Crippen LogP contribution in [0.25, 0.3) is 0 Å². The molecule has 4 heteroatoms. The van der Waals surface area contributed by atoms with Crippen molar-refractivity contribution in [2.75, 3.05) is 18.0 Å². The second-order valence-electron chi connectivity index (χ2n) is 5.29. The van der Waals surface area contributed by atoms with Gasteiger partial charge in [-0.2, -0.15) is 0 Å². The molecule has 1 aliphatic rings. The first-order valence-electron chi connectivity index (χ1n) is 6.25. The Labute approximate surface area is 106 Å². The van der Waals surface area contributed by atoms with Gasteiger partial charge in [0, 0.05) is 13.1 Å². The third-order valence-corrected chi connectivity index (χ3v) is 3.40. The molecular weight excluding hydrogens is 233 g/mol. The molecule has 0 aromatic heterocycles. The minimum atomic E-state index is -1.07. The number of benzene rings is 1. The van der Waals surface area contributed by atoms with E-state index in [0.29, 0.717) is 24.9 Å². The lowest BCUT2D eigenvalue weighted by Gasteiger charge is -2.37. The Hall–Kier alpha value is -1.58. The predicted octanol–water partition coefficient (Wildman–Crippen LogP) is 3.01. The normalized spacial score (nSPS) is 24.1. The fourth-order valence-corrected chi connectivity index (χ4v) is 2.85. The molecule has 1 aromatic carbocycles. The minimum absolute atomic E-state index is 0.0521. The van der Waals surface area contributed by atoms with Crippen LogP contribution in [0.5, 0.6) is 0 Å². The number of rotatable bonds is 2. The lowest BCUT2D eigenvalue weighted by atomic mass is 9.91. The molecule has 1 aliphatic heterocycles. The SMILES string of the molecule is CC1CC(C)CN(c2c(F)cccc2C(=O)O)C1. The number of halogens is 1. The van der Waals surface area contributed by atoms with Gasteiger partial charge in [-0.05, 0) is 30.4 Å². The number of para-hydroxylation sites is 1. The molecule has 1 saturated heterocycles. The van der Waals surface area contributed by atoms with Gasteiger partial charge in [-0.3, -0.25) is 0 Å². The molecule has 2 unspecified atom stereocenters. The predicted molar refractivity (Wildman–Crippen MR) is 68.5 cm³/mol. The van der Waals surface area contributed by atoms with Crippen molar-refractivity contribution in [1.82, 2.24) is 0 Å². The average molecular weight is 251 g/mol. The minimum Gasteiger partial charge on any atom is -0.478 e. The number of carbonyl (C=O) groups is 1. The largest absolute Gasteiger partial charge is 0.478 e. The maximum atomic E-state index is 13.9. The van der Waals surface area contributed by atoms with Gasteiger partial charge in [-0.15, -0.1) is 0 Å². The van der Waals surface area contributed by atoms with Crippen molar-refractivity contribution in [3.8, 4) is 0 Å². The van der Waals surface area contributed by atoms with Crippen molar-refractivity contribution in [1.29, 1.82) is 0 Å². The fraction of sp³-hybridized carbons (Fsp3) is 0.500. The first-order valence-corrected chi connectivity index (χ1v) is 6.25. The Balaban J connectivity index is 2.40. The van der Waals surface area contributed by atoms with Crippen LogP contribution in [0.1, 0.15) is 30.6 Å². The van der Waals surface area contributed by atoms with E-state index in [2.05, 4.69) is 13.8 Å². The molecule has 1 N–H and O–H groups in total. The van der Waals surface area contributed by atoms with Gasteiger partial charge in [0.25, 0.3) is 0 Å². The van der Waals surface area contributed by atoms with Crippen LogP contribution in [0.3, 0.4) is 0 Å². The van der Waals surface area contributed by atoms with E-state index in [4.69, 9.17) is 5.11 Å². The Kier molecular flexibility index (Phi) is 3.55. The Bertz CT molecular complexity index is 451. The summed E-state index contributed by atoms with van der Waals surface area (Å²) in [5, 5.41) is 9.16. The monoisotopic (exact) mass is 251 g/mol. The van der Waals surface area contributed by atoms with Crippen molar-refractivity contribution in [2.45, 2.75) is 20.3 Å². The van der Waals surface area contributed by atoms with Gasteiger partial charge in [0.2, 0.25) is 0 Å². The van der Waals surface area contributed by atoms with E-state index in [-0.39, 0.29) is 11.3 Å². The second-order valence-corrected chi connectivity index (χ2v) is 5.29. The summed E-state index contributed by atoms with van der Waals surface area (Å²) in [5.74, 6) is -0.614. The Morgan fingerprint density at radius 3 is 2.50 bits per heavy atom. The topological polar surface area (TPSA) is 40.5 Å². The zero-order valence-electron chi connectivity index (χ0n) is 10.7. The number of carboxylic acid groups (broad SMARTS) is 1. The number of hydrogen-bond donors (Lipinski definition) is 1. The molecule has 0 spiro atoms. The quantitative estimate of drug-likeness (QED) is 0.878. The molecule has 1 fully saturated rings. The van der Waals surface area contributed by atoms with E-state index < -0.39 is 11.8 Å². The van der Waals surface area contributed by atoms with Crippen molar-refractivity contribution in [3.05, 3.63) is 29.6 Å². The molecule has 2 rings (SSSR count). The van der Waals surface area contributed by atoms with E-state index in [1.165, 1.54) is 18.2 Å². The molecule has 0 amide bonds. The summed E-state index contributed by atoms with van der Waals surface area (Å²) >= 11 is 0. The molecule has 0 saturated carbocycles. The summed E-state index contributed by atoms with van der Waals surface area (Å²) < 4.78 is 13.9. The highest BCUT2D eigenvalue weighted by Gasteiger charge is 2.27. The summed E-state index contributed by atoms with van der Waals surface area (Å²) in [6.07, 6.45) is 1.10. The maximum absolute atomic E-state index is 13.9. The number of anilines is 1. The van der Waals surface area contributed by atoms with Crippen LogP contribution in [0, 0.1) is 17.7 Å². The van der Waals surface area contributed by atoms with E-state index in [0.717, 1.165) is 6.42 Å². The highest BCUT2D eigenvalue weighted by atomic mass is 19.1. The van der Waals surface area contributed by atoms with Crippen LogP contribution in [0.15, 0.2) is 18.2 Å². The van der Waals surface area contributed by atoms with Gasteiger partial charge in [-0.25, -0.2) is 9.18 Å². The highest BCUT2D eigenvalue weighted by Crippen LogP contribution is 2.30. The van der Waals surface area contributed by atoms with Gasteiger partial charge in [-0.1, -0.05) is 19.9 Å². The first-order chi connectivity index (χ1) is 8.49. The van der Waals surface area contributed by atoms with Crippen LogP contribution < -0.4 is 4.90 Å². The number of hydrogen-bond acceptors (Lipinski definition) is 2. The van der Waals surface area contributed by atoms with Crippen LogP contribution >= 0.6 is 0 Å². The van der Waals surface area contributed by atoms with E-state index in [9.17, 15) is 9.18 Å². The zero-order valence-corrected chi connectivity index (χ0v) is 10.7. The van der Waals surface area contributed by atoms with Crippen molar-refractivity contribution in [2.24, 2.45) is 11.8 Å². The van der Waals surface area contributed by atoms with Gasteiger partial charge in [0.15, 0.2) is 0 Å². The summed E-state index contributed by atoms with van der Waals surface area (Å²) in [6, 6.07) is 4.23. The molecule has 1 heterocycles. The molecule has 0 aliphatic carbocycles. The van der Waals surface area contributed by atoms with E-state index in [1.54, 1.807) is 0 Å². The second kappa shape index (κ2) is 4.96. The van der Waals surface area contributed by atoms with Gasteiger partial charge in [0.05, 0.1) is 11.3 Å². The Morgan fingerprint density at radius 2 is 1.94 bits per heavy atom. The van der Waals surface area contributed by atoms with Gasteiger partial charge in [0.1, 0.15) is 5.82 Å². The van der Waals surface area contributed by atoms with Crippen molar-refractivity contribution < 1.29 is 14.3 Å². The summed E-state index contributed by atoms with van der Waals surface area (Å²) in [5.41, 5.74) is 0.291. The number of aromatic carboxylic acids is 1. The average Bonchev–Trinajstić information content (AvgIpc) is 2.26. The third kappa shape index (κ3) is 2.47. The highest BCUT2D eigenvalue weighted by molar-refractivity contribution is 5.94. The molecule has 2 atom stereocenters. The maximum Gasteiger partial charge on any atom is 0.337 e. The molecular formula is C14H18FNO2. The molecule has 3 nitrogen and oxygen atoms in total. The smallest absolute Gasteiger partial charge is 0.337 e. The Morgan fingerprint density at radius 1 is 1.33 bits per heavy atom. The van der Waals surface area contributed by atoms with E-state index in [1.807, 2.05) is 4.90 Å². The molecule has 1 aromatic rings. The fourth-order valence-electron chi connectivity index (χ4n) is 2.85. The zero-order chi connectivity index (χ0) is 13.3. The molecule has 0 bridgehead atoms. The molecule has 18 heavy (non-hydrogen) atoms. The van der Waals surface area contributed by atoms with Crippen molar-refractivity contribution in [3.63, 3.8) is 0 Å². The summed E-state index contributed by atoms with van der Waals surface area (Å²) in [6.45, 7) is 5.66. The van der Waals surface area contributed by atoms with Gasteiger partial charge < -0.3 is 10.0 Å². The van der Waals surface area contributed by atoms with Crippen molar-refractivity contribution >= 4 is 11.7 Å². The number of nitrogens with zero attached hydrogens (tertiary/aromatic N) is 1. The summed E-state index contributed by atoms with van der Waals surface area (Å²) in [4.78, 5) is 13.1. The lowest BCUT2D eigenvalue weighted by Crippen LogP contribution is -2.40. The van der Waals surface area contributed by atoms with Crippen LogP contribution in [-0.2, 0) is 0 Å². The van der Waals surface area contributed by atoms with Crippen LogP contribution in [0.2, 0.25) is 0 Å². The first kappa shape index (κ1) is 12.9. The lowest BCUT2D eigenvalue weighted by molar-refractivity contribution is 0.0696. The molecule has 98 valence electrons. The summed E-state index contributed by atoms with van der Waals surface area (Å²) in [7, 11) is 0. The molecule has 0 radical (unpaired) electrons. The van der Waals surface area contributed by atoms with E-state index >= 15 is 0 Å². The van der Waals surface area contributed by atoms with Gasteiger partial charge >= 0.3 is 5.97 Å².